The highest BCUT2D eigenvalue weighted by Crippen LogP contribution is 2.43. The summed E-state index contributed by atoms with van der Waals surface area (Å²) in [7, 11) is -3.69. The third kappa shape index (κ3) is 3.20. The lowest BCUT2D eigenvalue weighted by atomic mass is 9.64. The van der Waals surface area contributed by atoms with Gasteiger partial charge in [-0.25, -0.2) is 13.6 Å². The molecule has 24 heavy (non-hydrogen) atoms. The van der Waals surface area contributed by atoms with Crippen LogP contribution in [0.5, 0.6) is 0 Å². The van der Waals surface area contributed by atoms with E-state index >= 15 is 0 Å². The third-order valence-corrected chi connectivity index (χ3v) is 5.60. The maximum atomic E-state index is 12.7. The minimum Gasteiger partial charge on any atom is -0.351 e. The van der Waals surface area contributed by atoms with Gasteiger partial charge in [0.25, 0.3) is 0 Å². The minimum atomic E-state index is -3.69. The van der Waals surface area contributed by atoms with Crippen LogP contribution >= 0.6 is 0 Å². The smallest absolute Gasteiger partial charge is 0.238 e. The summed E-state index contributed by atoms with van der Waals surface area (Å²) >= 11 is 0. The van der Waals surface area contributed by atoms with Crippen molar-refractivity contribution < 1.29 is 13.2 Å². The van der Waals surface area contributed by atoms with E-state index in [1.165, 1.54) is 12.1 Å². The van der Waals surface area contributed by atoms with E-state index in [0.717, 1.165) is 30.4 Å². The van der Waals surface area contributed by atoms with Gasteiger partial charge in [-0.15, -0.1) is 0 Å². The molecule has 1 aliphatic carbocycles. The second-order valence-corrected chi connectivity index (χ2v) is 7.73. The van der Waals surface area contributed by atoms with Crippen LogP contribution in [0.2, 0.25) is 0 Å². The van der Waals surface area contributed by atoms with Crippen LogP contribution in [0.1, 0.15) is 30.4 Å². The summed E-state index contributed by atoms with van der Waals surface area (Å²) in [4.78, 5) is 12.8. The van der Waals surface area contributed by atoms with Gasteiger partial charge < -0.3 is 5.32 Å². The molecular formula is C18H20N2O3S. The number of carbonyl (C=O) groups excluding carboxylic acids is 1. The molecule has 5 nitrogen and oxygen atoms in total. The molecule has 0 radical (unpaired) electrons. The Morgan fingerprint density at radius 1 is 1.04 bits per heavy atom. The summed E-state index contributed by atoms with van der Waals surface area (Å²) in [6, 6.07) is 16.1. The van der Waals surface area contributed by atoms with Crippen LogP contribution in [0.15, 0.2) is 59.5 Å². The van der Waals surface area contributed by atoms with Gasteiger partial charge in [0.05, 0.1) is 10.3 Å². The number of sulfonamides is 1. The van der Waals surface area contributed by atoms with Crippen LogP contribution in [0, 0.1) is 0 Å². The summed E-state index contributed by atoms with van der Waals surface area (Å²) in [6.07, 6.45) is 2.76. The van der Waals surface area contributed by atoms with Gasteiger partial charge in [-0.2, -0.15) is 0 Å². The number of nitrogens with one attached hydrogen (secondary N) is 1. The molecule has 0 spiro atoms. The van der Waals surface area contributed by atoms with Gasteiger partial charge in [0.1, 0.15) is 0 Å². The van der Waals surface area contributed by atoms with Crippen LogP contribution in [-0.2, 0) is 26.8 Å². The zero-order chi connectivity index (χ0) is 17.2. The van der Waals surface area contributed by atoms with Crippen LogP contribution < -0.4 is 10.5 Å². The molecule has 2 aromatic rings. The van der Waals surface area contributed by atoms with E-state index in [2.05, 4.69) is 5.32 Å². The molecular weight excluding hydrogens is 324 g/mol. The van der Waals surface area contributed by atoms with Gasteiger partial charge in [0.15, 0.2) is 0 Å². The third-order valence-electron chi connectivity index (χ3n) is 4.67. The number of hydrogen-bond acceptors (Lipinski definition) is 3. The number of hydrogen-bond donors (Lipinski definition) is 2. The Labute approximate surface area is 141 Å². The number of benzene rings is 2. The fourth-order valence-corrected chi connectivity index (χ4v) is 3.60. The van der Waals surface area contributed by atoms with Crippen molar-refractivity contribution in [3.8, 4) is 0 Å². The number of primary sulfonamides is 1. The standard InChI is InChI=1S/C18H20N2O3S/c19-24(22,23)16-9-7-14(8-10-16)13-20-17(21)18(11-4-12-18)15-5-2-1-3-6-15/h1-3,5-10H,4,11-13H2,(H,20,21)(H2,19,22,23). The Morgan fingerprint density at radius 2 is 1.67 bits per heavy atom. The molecule has 1 aliphatic rings. The van der Waals surface area contributed by atoms with Crippen LogP contribution in [-0.4, -0.2) is 14.3 Å². The van der Waals surface area contributed by atoms with E-state index in [9.17, 15) is 13.2 Å². The van der Waals surface area contributed by atoms with Crippen LogP contribution in [0.3, 0.4) is 0 Å². The molecule has 0 bridgehead atoms. The van der Waals surface area contributed by atoms with E-state index in [1.807, 2.05) is 30.3 Å². The largest absolute Gasteiger partial charge is 0.351 e. The molecule has 0 aliphatic heterocycles. The van der Waals surface area contributed by atoms with Crippen molar-refractivity contribution in [2.45, 2.75) is 36.1 Å². The number of amides is 1. The Hall–Kier alpha value is -2.18. The highest BCUT2D eigenvalue weighted by Gasteiger charge is 2.45. The van der Waals surface area contributed by atoms with Gasteiger partial charge in [-0.05, 0) is 36.1 Å². The molecule has 3 N–H and O–H groups in total. The van der Waals surface area contributed by atoms with Crippen molar-refractivity contribution in [1.29, 1.82) is 0 Å². The molecule has 0 aromatic heterocycles. The lowest BCUT2D eigenvalue weighted by molar-refractivity contribution is -0.130. The summed E-state index contributed by atoms with van der Waals surface area (Å²) in [5.41, 5.74) is 1.46. The van der Waals surface area contributed by atoms with E-state index in [-0.39, 0.29) is 10.8 Å². The SMILES string of the molecule is NS(=O)(=O)c1ccc(CNC(=O)C2(c3ccccc3)CCC2)cc1. The predicted molar refractivity (Wildman–Crippen MR) is 91.6 cm³/mol. The van der Waals surface area contributed by atoms with Crippen molar-refractivity contribution in [1.82, 2.24) is 5.32 Å². The molecule has 0 unspecified atom stereocenters. The summed E-state index contributed by atoms with van der Waals surface area (Å²) < 4.78 is 22.5. The van der Waals surface area contributed by atoms with Crippen molar-refractivity contribution in [2.24, 2.45) is 5.14 Å². The normalized spacial score (nSPS) is 16.2. The first-order valence-electron chi connectivity index (χ1n) is 7.87. The van der Waals surface area contributed by atoms with E-state index in [4.69, 9.17) is 5.14 Å². The second kappa shape index (κ2) is 6.37. The highest BCUT2D eigenvalue weighted by molar-refractivity contribution is 7.89. The van der Waals surface area contributed by atoms with Crippen LogP contribution in [0.4, 0.5) is 0 Å². The first kappa shape index (κ1) is 16.7. The van der Waals surface area contributed by atoms with Crippen molar-refractivity contribution >= 4 is 15.9 Å². The molecule has 0 saturated heterocycles. The van der Waals surface area contributed by atoms with Gasteiger partial charge >= 0.3 is 0 Å². The molecule has 2 aromatic carbocycles. The number of carbonyl (C=O) groups is 1. The predicted octanol–water partition coefficient (Wildman–Crippen LogP) is 2.07. The quantitative estimate of drug-likeness (QED) is 0.870. The number of nitrogens with two attached hydrogens (primary N) is 1. The minimum absolute atomic E-state index is 0.0236. The van der Waals surface area contributed by atoms with Gasteiger partial charge in [-0.1, -0.05) is 48.9 Å². The number of rotatable bonds is 5. The zero-order valence-electron chi connectivity index (χ0n) is 13.2. The lowest BCUT2D eigenvalue weighted by Gasteiger charge is -2.40. The monoisotopic (exact) mass is 344 g/mol. The second-order valence-electron chi connectivity index (χ2n) is 6.17. The fraction of sp³-hybridized carbons (Fsp3) is 0.278. The van der Waals surface area contributed by atoms with E-state index in [1.54, 1.807) is 12.1 Å². The van der Waals surface area contributed by atoms with Crippen LogP contribution in [0.25, 0.3) is 0 Å². The molecule has 0 atom stereocenters. The Morgan fingerprint density at radius 3 is 2.17 bits per heavy atom. The van der Waals surface area contributed by atoms with E-state index in [0.29, 0.717) is 6.54 Å². The molecule has 1 fully saturated rings. The first-order valence-corrected chi connectivity index (χ1v) is 9.42. The van der Waals surface area contributed by atoms with E-state index < -0.39 is 15.4 Å². The maximum absolute atomic E-state index is 12.7. The van der Waals surface area contributed by atoms with Crippen molar-refractivity contribution in [3.05, 3.63) is 65.7 Å². The Balaban J connectivity index is 1.69. The maximum Gasteiger partial charge on any atom is 0.238 e. The topological polar surface area (TPSA) is 89.3 Å². The van der Waals surface area contributed by atoms with Gasteiger partial charge in [-0.3, -0.25) is 4.79 Å². The highest BCUT2D eigenvalue weighted by atomic mass is 32.2. The summed E-state index contributed by atoms with van der Waals surface area (Å²) in [6.45, 7) is 0.359. The summed E-state index contributed by atoms with van der Waals surface area (Å²) in [5, 5.41) is 8.06. The Kier molecular flexibility index (Phi) is 4.43. The van der Waals surface area contributed by atoms with Gasteiger partial charge in [0.2, 0.25) is 15.9 Å². The zero-order valence-corrected chi connectivity index (χ0v) is 14.1. The molecule has 3 rings (SSSR count). The molecule has 0 heterocycles. The molecule has 126 valence electrons. The summed E-state index contributed by atoms with van der Waals surface area (Å²) in [5.74, 6) is 0.0236. The first-order chi connectivity index (χ1) is 11.4. The van der Waals surface area contributed by atoms with Crippen molar-refractivity contribution in [2.75, 3.05) is 0 Å². The molecule has 1 saturated carbocycles. The average Bonchev–Trinajstić information content (AvgIpc) is 2.52. The van der Waals surface area contributed by atoms with Gasteiger partial charge in [0, 0.05) is 6.54 Å². The lowest BCUT2D eigenvalue weighted by Crippen LogP contribution is -2.48. The molecule has 1 amide bonds. The Bertz CT molecular complexity index is 826. The van der Waals surface area contributed by atoms with Crippen molar-refractivity contribution in [3.63, 3.8) is 0 Å². The molecule has 6 heteroatoms. The fourth-order valence-electron chi connectivity index (χ4n) is 3.08. The average molecular weight is 344 g/mol.